The molecule has 108 valence electrons. The molecule has 1 aromatic carbocycles. The molecule has 0 aliphatic rings. The molecule has 1 heterocycles. The zero-order valence-corrected chi connectivity index (χ0v) is 13.9. The third kappa shape index (κ3) is 3.28. The summed E-state index contributed by atoms with van der Waals surface area (Å²) in [7, 11) is -1.85. The predicted octanol–water partition coefficient (Wildman–Crippen LogP) is 2.53. The molecule has 20 heavy (non-hydrogen) atoms. The number of hydrogen-bond donors (Lipinski definition) is 1. The lowest BCUT2D eigenvalue weighted by Crippen LogP contribution is -2.27. The van der Waals surface area contributed by atoms with Gasteiger partial charge in [0.15, 0.2) is 5.03 Å². The third-order valence-electron chi connectivity index (χ3n) is 3.06. The number of nitrogens with one attached hydrogen (secondary N) is 1. The fourth-order valence-corrected chi connectivity index (χ4v) is 3.30. The van der Waals surface area contributed by atoms with Crippen molar-refractivity contribution in [2.45, 2.75) is 24.9 Å². The molecule has 5 nitrogen and oxygen atoms in total. The van der Waals surface area contributed by atoms with Gasteiger partial charge in [-0.05, 0) is 31.5 Å². The van der Waals surface area contributed by atoms with E-state index in [-0.39, 0.29) is 11.1 Å². The van der Waals surface area contributed by atoms with Gasteiger partial charge in [0.25, 0.3) is 10.0 Å². The minimum Gasteiger partial charge on any atom is -0.337 e. The Bertz CT molecular complexity index is 688. The van der Waals surface area contributed by atoms with Gasteiger partial charge in [0.2, 0.25) is 0 Å². The number of sulfonamides is 1. The number of hydrogen-bond acceptors (Lipinski definition) is 3. The van der Waals surface area contributed by atoms with E-state index in [2.05, 4.69) is 25.6 Å². The van der Waals surface area contributed by atoms with Crippen molar-refractivity contribution in [1.29, 1.82) is 0 Å². The van der Waals surface area contributed by atoms with Crippen molar-refractivity contribution >= 4 is 26.0 Å². The van der Waals surface area contributed by atoms with Crippen molar-refractivity contribution in [3.05, 3.63) is 46.3 Å². The fraction of sp³-hybridized carbons (Fsp3) is 0.308. The Kier molecular flexibility index (Phi) is 4.31. The molecular weight excluding hydrogens is 342 g/mol. The topological polar surface area (TPSA) is 64.0 Å². The summed E-state index contributed by atoms with van der Waals surface area (Å²) >= 11 is 3.35. The van der Waals surface area contributed by atoms with Crippen molar-refractivity contribution in [1.82, 2.24) is 14.3 Å². The summed E-state index contributed by atoms with van der Waals surface area (Å²) in [6.07, 6.45) is 1.51. The van der Waals surface area contributed by atoms with E-state index in [1.165, 1.54) is 6.20 Å². The Morgan fingerprint density at radius 3 is 2.40 bits per heavy atom. The maximum atomic E-state index is 12.3. The zero-order chi connectivity index (χ0) is 14.9. The molecule has 0 fully saturated rings. The van der Waals surface area contributed by atoms with Gasteiger partial charge in [0.1, 0.15) is 5.82 Å². The van der Waals surface area contributed by atoms with Crippen molar-refractivity contribution in [2.75, 3.05) is 0 Å². The highest BCUT2D eigenvalue weighted by Crippen LogP contribution is 2.19. The molecule has 0 amide bonds. The predicted molar refractivity (Wildman–Crippen MR) is 80.8 cm³/mol. The molecule has 0 radical (unpaired) electrons. The maximum absolute atomic E-state index is 12.3. The van der Waals surface area contributed by atoms with Crippen LogP contribution in [0.4, 0.5) is 0 Å². The van der Waals surface area contributed by atoms with Gasteiger partial charge in [-0.1, -0.05) is 28.1 Å². The van der Waals surface area contributed by atoms with Crippen LogP contribution in [0.1, 0.15) is 24.4 Å². The van der Waals surface area contributed by atoms with Crippen LogP contribution in [0, 0.1) is 6.92 Å². The summed E-state index contributed by atoms with van der Waals surface area (Å²) < 4.78 is 29.8. The summed E-state index contributed by atoms with van der Waals surface area (Å²) in [5, 5.41) is 0.0430. The molecule has 1 aromatic heterocycles. The molecule has 1 N–H and O–H groups in total. The van der Waals surface area contributed by atoms with Crippen molar-refractivity contribution < 1.29 is 8.42 Å². The highest BCUT2D eigenvalue weighted by Gasteiger charge is 2.21. The van der Waals surface area contributed by atoms with Crippen LogP contribution in [-0.2, 0) is 17.1 Å². The average molecular weight is 358 g/mol. The lowest BCUT2D eigenvalue weighted by atomic mass is 10.1. The van der Waals surface area contributed by atoms with E-state index < -0.39 is 10.0 Å². The summed E-state index contributed by atoms with van der Waals surface area (Å²) in [6, 6.07) is 7.19. The average Bonchev–Trinajstić information content (AvgIpc) is 2.71. The van der Waals surface area contributed by atoms with Crippen molar-refractivity contribution in [2.24, 2.45) is 7.05 Å². The van der Waals surface area contributed by atoms with Gasteiger partial charge >= 0.3 is 0 Å². The number of imidazole rings is 1. The normalized spacial score (nSPS) is 13.4. The van der Waals surface area contributed by atoms with E-state index in [4.69, 9.17) is 0 Å². The first-order chi connectivity index (χ1) is 9.29. The minimum absolute atomic E-state index is 0.0430. The van der Waals surface area contributed by atoms with Crippen LogP contribution < -0.4 is 4.72 Å². The Morgan fingerprint density at radius 2 is 1.90 bits per heavy atom. The second-order valence-electron chi connectivity index (χ2n) is 4.63. The van der Waals surface area contributed by atoms with Crippen LogP contribution in [0.3, 0.4) is 0 Å². The van der Waals surface area contributed by atoms with Crippen LogP contribution in [-0.4, -0.2) is 18.0 Å². The molecular formula is C13H16BrN3O2S. The van der Waals surface area contributed by atoms with E-state index in [0.29, 0.717) is 5.82 Å². The molecule has 1 unspecified atom stereocenters. The number of halogens is 1. The van der Waals surface area contributed by atoms with Crippen LogP contribution in [0.15, 0.2) is 40.0 Å². The molecule has 0 bridgehead atoms. The second-order valence-corrected chi connectivity index (χ2v) is 7.21. The molecule has 1 atom stereocenters. The highest BCUT2D eigenvalue weighted by atomic mass is 79.9. The molecule has 0 aliphatic carbocycles. The maximum Gasteiger partial charge on any atom is 0.260 e. The van der Waals surface area contributed by atoms with E-state index in [0.717, 1.165) is 10.0 Å². The SMILES string of the molecule is Cc1nc(S(=O)(=O)NC(C)c2ccc(Br)cc2)cn1C. The largest absolute Gasteiger partial charge is 0.337 e. The molecule has 0 aliphatic heterocycles. The Morgan fingerprint density at radius 1 is 1.30 bits per heavy atom. The summed E-state index contributed by atoms with van der Waals surface area (Å²) in [6.45, 7) is 3.56. The summed E-state index contributed by atoms with van der Waals surface area (Å²) in [5.74, 6) is 0.654. The second kappa shape index (κ2) is 5.67. The van der Waals surface area contributed by atoms with E-state index in [1.807, 2.05) is 24.3 Å². The molecule has 2 rings (SSSR count). The van der Waals surface area contributed by atoms with Crippen LogP contribution in [0.2, 0.25) is 0 Å². The number of nitrogens with zero attached hydrogens (tertiary/aromatic N) is 2. The molecule has 7 heteroatoms. The Labute approximate surface area is 127 Å². The molecule has 0 saturated heterocycles. The first kappa shape index (κ1) is 15.2. The molecule has 0 saturated carbocycles. The Hall–Kier alpha value is -1.18. The number of benzene rings is 1. The third-order valence-corrected chi connectivity index (χ3v) is 5.00. The zero-order valence-electron chi connectivity index (χ0n) is 11.5. The lowest BCUT2D eigenvalue weighted by Gasteiger charge is -2.13. The quantitative estimate of drug-likeness (QED) is 0.914. The highest BCUT2D eigenvalue weighted by molar-refractivity contribution is 9.10. The number of aromatic nitrogens is 2. The van der Waals surface area contributed by atoms with Crippen LogP contribution in [0.5, 0.6) is 0 Å². The first-order valence-corrected chi connectivity index (χ1v) is 8.35. The minimum atomic E-state index is -3.61. The van der Waals surface area contributed by atoms with E-state index in [9.17, 15) is 8.42 Å². The molecule has 0 spiro atoms. The van der Waals surface area contributed by atoms with Gasteiger partial charge in [-0.2, -0.15) is 0 Å². The summed E-state index contributed by atoms with van der Waals surface area (Å²) in [5.41, 5.74) is 0.893. The van der Waals surface area contributed by atoms with Crippen molar-refractivity contribution in [3.8, 4) is 0 Å². The number of rotatable bonds is 4. The van der Waals surface area contributed by atoms with Gasteiger partial charge in [-0.25, -0.2) is 18.1 Å². The monoisotopic (exact) mass is 357 g/mol. The van der Waals surface area contributed by atoms with Gasteiger partial charge in [0.05, 0.1) is 0 Å². The van der Waals surface area contributed by atoms with Crippen LogP contribution >= 0.6 is 15.9 Å². The lowest BCUT2D eigenvalue weighted by molar-refractivity contribution is 0.563. The molecule has 2 aromatic rings. The van der Waals surface area contributed by atoms with Crippen molar-refractivity contribution in [3.63, 3.8) is 0 Å². The first-order valence-electron chi connectivity index (χ1n) is 6.07. The van der Waals surface area contributed by atoms with Gasteiger partial charge in [-0.15, -0.1) is 0 Å². The Balaban J connectivity index is 2.21. The van der Waals surface area contributed by atoms with E-state index in [1.54, 1.807) is 25.5 Å². The van der Waals surface area contributed by atoms with Gasteiger partial charge < -0.3 is 4.57 Å². The standard InChI is InChI=1S/C13H16BrN3O2S/c1-9(11-4-6-12(14)7-5-11)16-20(18,19)13-8-17(3)10(2)15-13/h4-9,16H,1-3H3. The van der Waals surface area contributed by atoms with Crippen LogP contribution in [0.25, 0.3) is 0 Å². The van der Waals surface area contributed by atoms with E-state index >= 15 is 0 Å². The van der Waals surface area contributed by atoms with Gasteiger partial charge in [0, 0.05) is 23.8 Å². The van der Waals surface area contributed by atoms with Gasteiger partial charge in [-0.3, -0.25) is 0 Å². The fourth-order valence-electron chi connectivity index (χ4n) is 1.77. The smallest absolute Gasteiger partial charge is 0.260 e. The summed E-state index contributed by atoms with van der Waals surface area (Å²) in [4.78, 5) is 4.05. The number of aryl methyl sites for hydroxylation is 2.